The number of hydrogen-bond acceptors (Lipinski definition) is 4. The molecule has 0 amide bonds. The van der Waals surface area contributed by atoms with Crippen molar-refractivity contribution in [3.8, 4) is 11.4 Å². The van der Waals surface area contributed by atoms with Crippen molar-refractivity contribution in [3.63, 3.8) is 0 Å². The second kappa shape index (κ2) is 6.31. The summed E-state index contributed by atoms with van der Waals surface area (Å²) in [5, 5.41) is 7.71. The van der Waals surface area contributed by atoms with Crippen LogP contribution in [0.25, 0.3) is 11.4 Å². The molecule has 18 heavy (non-hydrogen) atoms. The minimum absolute atomic E-state index is 0.590. The third kappa shape index (κ3) is 3.31. The van der Waals surface area contributed by atoms with Crippen LogP contribution in [-0.4, -0.2) is 23.7 Å². The minimum Gasteiger partial charge on any atom is -0.339 e. The molecule has 0 fully saturated rings. The van der Waals surface area contributed by atoms with Gasteiger partial charge in [0.2, 0.25) is 11.7 Å². The fourth-order valence-corrected chi connectivity index (χ4v) is 2.02. The van der Waals surface area contributed by atoms with Gasteiger partial charge >= 0.3 is 0 Å². The number of halogens is 2. The Kier molecular flexibility index (Phi) is 4.74. The predicted octanol–water partition coefficient (Wildman–Crippen LogP) is 3.30. The van der Waals surface area contributed by atoms with Gasteiger partial charge in [-0.25, -0.2) is 0 Å². The van der Waals surface area contributed by atoms with E-state index in [4.69, 9.17) is 16.1 Å². The maximum Gasteiger partial charge on any atom is 0.227 e. The standard InChI is InChI=1S/C12H13BrClN3O/c1-15-6-2-3-11-16-12(17-18-11)8-4-5-10(14)9(13)7-8/h4-5,7,15H,2-3,6H2,1H3. The van der Waals surface area contributed by atoms with Crippen molar-refractivity contribution in [2.45, 2.75) is 12.8 Å². The lowest BCUT2D eigenvalue weighted by atomic mass is 10.2. The molecule has 0 saturated heterocycles. The van der Waals surface area contributed by atoms with E-state index in [0.717, 1.165) is 29.4 Å². The summed E-state index contributed by atoms with van der Waals surface area (Å²) in [5.41, 5.74) is 0.884. The molecular formula is C12H13BrClN3O. The van der Waals surface area contributed by atoms with Gasteiger partial charge in [-0.15, -0.1) is 0 Å². The van der Waals surface area contributed by atoms with Crippen LogP contribution in [-0.2, 0) is 6.42 Å². The van der Waals surface area contributed by atoms with Gasteiger partial charge in [0.05, 0.1) is 5.02 Å². The molecule has 1 heterocycles. The van der Waals surface area contributed by atoms with Gasteiger partial charge in [0, 0.05) is 16.5 Å². The number of benzene rings is 1. The van der Waals surface area contributed by atoms with Gasteiger partial charge in [-0.2, -0.15) is 4.98 Å². The second-order valence-corrected chi connectivity index (χ2v) is 5.11. The van der Waals surface area contributed by atoms with Crippen molar-refractivity contribution >= 4 is 27.5 Å². The van der Waals surface area contributed by atoms with E-state index in [1.165, 1.54) is 0 Å². The molecule has 2 rings (SSSR count). The highest BCUT2D eigenvalue weighted by Gasteiger charge is 2.09. The number of nitrogens with zero attached hydrogens (tertiary/aromatic N) is 2. The Bertz CT molecular complexity index is 530. The molecule has 0 saturated carbocycles. The van der Waals surface area contributed by atoms with Crippen molar-refractivity contribution < 1.29 is 4.52 Å². The number of aryl methyl sites for hydroxylation is 1. The summed E-state index contributed by atoms with van der Waals surface area (Å²) < 4.78 is 6.02. The van der Waals surface area contributed by atoms with Gasteiger partial charge in [-0.3, -0.25) is 0 Å². The van der Waals surface area contributed by atoms with E-state index >= 15 is 0 Å². The van der Waals surface area contributed by atoms with Crippen molar-refractivity contribution in [3.05, 3.63) is 33.6 Å². The van der Waals surface area contributed by atoms with E-state index in [0.29, 0.717) is 16.7 Å². The number of hydrogen-bond donors (Lipinski definition) is 1. The highest BCUT2D eigenvalue weighted by Crippen LogP contribution is 2.27. The molecule has 0 spiro atoms. The Morgan fingerprint density at radius 2 is 2.28 bits per heavy atom. The molecule has 1 aromatic heterocycles. The van der Waals surface area contributed by atoms with Gasteiger partial charge in [0.1, 0.15) is 0 Å². The molecule has 0 radical (unpaired) electrons. The van der Waals surface area contributed by atoms with Crippen LogP contribution in [0.3, 0.4) is 0 Å². The third-order valence-corrected chi connectivity index (χ3v) is 3.68. The van der Waals surface area contributed by atoms with Crippen molar-refractivity contribution in [1.29, 1.82) is 0 Å². The van der Waals surface area contributed by atoms with E-state index < -0.39 is 0 Å². The van der Waals surface area contributed by atoms with Crippen LogP contribution in [0.2, 0.25) is 5.02 Å². The lowest BCUT2D eigenvalue weighted by Crippen LogP contribution is -2.08. The van der Waals surface area contributed by atoms with Gasteiger partial charge in [0.25, 0.3) is 0 Å². The van der Waals surface area contributed by atoms with Crippen LogP contribution >= 0.6 is 27.5 Å². The molecule has 6 heteroatoms. The van der Waals surface area contributed by atoms with Crippen LogP contribution in [0.1, 0.15) is 12.3 Å². The zero-order chi connectivity index (χ0) is 13.0. The molecule has 0 unspecified atom stereocenters. The monoisotopic (exact) mass is 329 g/mol. The Balaban J connectivity index is 2.11. The highest BCUT2D eigenvalue weighted by molar-refractivity contribution is 9.10. The molecule has 0 atom stereocenters. The topological polar surface area (TPSA) is 51.0 Å². The molecule has 96 valence electrons. The summed E-state index contributed by atoms with van der Waals surface area (Å²) in [6, 6.07) is 5.55. The van der Waals surface area contributed by atoms with Crippen molar-refractivity contribution in [1.82, 2.24) is 15.5 Å². The van der Waals surface area contributed by atoms with Crippen LogP contribution in [0.4, 0.5) is 0 Å². The molecule has 4 nitrogen and oxygen atoms in total. The summed E-state index contributed by atoms with van der Waals surface area (Å²) in [6.45, 7) is 0.935. The molecular weight excluding hydrogens is 318 g/mol. The summed E-state index contributed by atoms with van der Waals surface area (Å²) in [5.74, 6) is 1.25. The van der Waals surface area contributed by atoms with Crippen molar-refractivity contribution in [2.24, 2.45) is 0 Å². The van der Waals surface area contributed by atoms with Gasteiger partial charge in [-0.05, 0) is 54.1 Å². The van der Waals surface area contributed by atoms with E-state index in [1.807, 2.05) is 19.2 Å². The van der Waals surface area contributed by atoms with E-state index in [2.05, 4.69) is 31.4 Å². The largest absolute Gasteiger partial charge is 0.339 e. The lowest BCUT2D eigenvalue weighted by Gasteiger charge is -1.97. The molecule has 0 aliphatic heterocycles. The van der Waals surface area contributed by atoms with Crippen molar-refractivity contribution in [2.75, 3.05) is 13.6 Å². The maximum absolute atomic E-state index is 5.94. The first kappa shape index (κ1) is 13.5. The first-order valence-electron chi connectivity index (χ1n) is 5.63. The summed E-state index contributed by atoms with van der Waals surface area (Å²) in [6.07, 6.45) is 1.76. The summed E-state index contributed by atoms with van der Waals surface area (Å²) in [4.78, 5) is 4.35. The Morgan fingerprint density at radius 1 is 1.44 bits per heavy atom. The Morgan fingerprint density at radius 3 is 3.00 bits per heavy atom. The molecule has 1 aromatic carbocycles. The fourth-order valence-electron chi connectivity index (χ4n) is 1.53. The lowest BCUT2D eigenvalue weighted by molar-refractivity contribution is 0.375. The zero-order valence-corrected chi connectivity index (χ0v) is 12.3. The van der Waals surface area contributed by atoms with Crippen LogP contribution in [0.15, 0.2) is 27.2 Å². The van der Waals surface area contributed by atoms with E-state index in [9.17, 15) is 0 Å². The maximum atomic E-state index is 5.94. The third-order valence-electron chi connectivity index (χ3n) is 2.46. The molecule has 0 bridgehead atoms. The zero-order valence-electron chi connectivity index (χ0n) is 9.91. The Hall–Kier alpha value is -0.910. The normalized spacial score (nSPS) is 10.8. The molecule has 0 aliphatic rings. The van der Waals surface area contributed by atoms with Crippen LogP contribution in [0.5, 0.6) is 0 Å². The average molecular weight is 331 g/mol. The van der Waals surface area contributed by atoms with E-state index in [1.54, 1.807) is 6.07 Å². The highest BCUT2D eigenvalue weighted by atomic mass is 79.9. The SMILES string of the molecule is CNCCCc1nc(-c2ccc(Cl)c(Br)c2)no1. The quantitative estimate of drug-likeness (QED) is 0.855. The minimum atomic E-state index is 0.590. The number of aromatic nitrogens is 2. The van der Waals surface area contributed by atoms with Crippen LogP contribution < -0.4 is 5.32 Å². The van der Waals surface area contributed by atoms with Gasteiger partial charge in [0.15, 0.2) is 0 Å². The van der Waals surface area contributed by atoms with E-state index in [-0.39, 0.29) is 0 Å². The molecule has 2 aromatic rings. The summed E-state index contributed by atoms with van der Waals surface area (Å²) in [7, 11) is 1.92. The average Bonchev–Trinajstić information content (AvgIpc) is 2.82. The first-order valence-corrected chi connectivity index (χ1v) is 6.80. The van der Waals surface area contributed by atoms with Crippen LogP contribution in [0, 0.1) is 0 Å². The smallest absolute Gasteiger partial charge is 0.227 e. The Labute approximate surface area is 119 Å². The van der Waals surface area contributed by atoms with Gasteiger partial charge < -0.3 is 9.84 Å². The molecule has 0 aliphatic carbocycles. The molecule has 1 N–H and O–H groups in total. The number of nitrogens with one attached hydrogen (secondary N) is 1. The second-order valence-electron chi connectivity index (χ2n) is 3.85. The first-order chi connectivity index (χ1) is 8.70. The summed E-state index contributed by atoms with van der Waals surface area (Å²) >= 11 is 9.31. The predicted molar refractivity (Wildman–Crippen MR) is 74.7 cm³/mol. The van der Waals surface area contributed by atoms with Gasteiger partial charge in [-0.1, -0.05) is 16.8 Å². The number of rotatable bonds is 5. The fraction of sp³-hybridized carbons (Fsp3) is 0.333.